The maximum atomic E-state index is 11.9. The first-order chi connectivity index (χ1) is 10.3. The number of rotatable bonds is 5. The van der Waals surface area contributed by atoms with Gasteiger partial charge in [0.05, 0.1) is 18.0 Å². The smallest absolute Gasteiger partial charge is 0.254 e. The molecule has 2 saturated heterocycles. The average Bonchev–Trinajstić information content (AvgIpc) is 3.20. The first kappa shape index (κ1) is 14.3. The number of carbonyl (C=O) groups is 1. The predicted octanol–water partition coefficient (Wildman–Crippen LogP) is 1.79. The summed E-state index contributed by atoms with van der Waals surface area (Å²) in [5.41, 5.74) is 0.931. The van der Waals surface area contributed by atoms with Gasteiger partial charge in [-0.3, -0.25) is 4.79 Å². The van der Waals surface area contributed by atoms with Crippen molar-refractivity contribution in [2.45, 2.75) is 37.9 Å². The Bertz CT molecular complexity index is 466. The Kier molecular flexibility index (Phi) is 4.67. The summed E-state index contributed by atoms with van der Waals surface area (Å²) in [6.07, 6.45) is 5.66. The van der Waals surface area contributed by atoms with E-state index >= 15 is 0 Å². The van der Waals surface area contributed by atoms with Gasteiger partial charge in [-0.05, 0) is 37.8 Å². The van der Waals surface area contributed by atoms with E-state index in [2.05, 4.69) is 15.6 Å². The van der Waals surface area contributed by atoms with E-state index in [1.165, 1.54) is 0 Å². The second-order valence-electron chi connectivity index (χ2n) is 5.44. The molecule has 1 aromatic rings. The molecule has 1 amide bonds. The number of ether oxygens (including phenoxy) is 2. The summed E-state index contributed by atoms with van der Waals surface area (Å²) in [4.78, 5) is 16.1. The fraction of sp³-hybridized carbons (Fsp3) is 0.600. The molecule has 2 aliphatic heterocycles. The molecule has 6 heteroatoms. The monoisotopic (exact) mass is 291 g/mol. The Balaban J connectivity index is 1.47. The molecule has 0 spiro atoms. The third-order valence-corrected chi connectivity index (χ3v) is 3.79. The molecule has 0 aliphatic carbocycles. The lowest BCUT2D eigenvalue weighted by molar-refractivity contribution is -0.124. The first-order valence-corrected chi connectivity index (χ1v) is 7.55. The van der Waals surface area contributed by atoms with Crippen molar-refractivity contribution in [1.29, 1.82) is 0 Å². The zero-order valence-electron chi connectivity index (χ0n) is 12.0. The molecule has 2 atom stereocenters. The van der Waals surface area contributed by atoms with Gasteiger partial charge in [-0.15, -0.1) is 0 Å². The van der Waals surface area contributed by atoms with Gasteiger partial charge in [-0.2, -0.15) is 0 Å². The molecule has 2 N–H and O–H groups in total. The molecule has 2 unspecified atom stereocenters. The third kappa shape index (κ3) is 3.92. The van der Waals surface area contributed by atoms with Crippen LogP contribution in [0.4, 0.5) is 11.5 Å². The highest BCUT2D eigenvalue weighted by Crippen LogP contribution is 2.16. The molecular weight excluding hydrogens is 270 g/mol. The Hall–Kier alpha value is -1.66. The second-order valence-corrected chi connectivity index (χ2v) is 5.44. The lowest BCUT2D eigenvalue weighted by atomic mass is 10.2. The van der Waals surface area contributed by atoms with Crippen molar-refractivity contribution in [2.75, 3.05) is 30.4 Å². The van der Waals surface area contributed by atoms with Gasteiger partial charge in [0, 0.05) is 19.8 Å². The van der Waals surface area contributed by atoms with Gasteiger partial charge in [-0.1, -0.05) is 0 Å². The zero-order chi connectivity index (χ0) is 14.5. The summed E-state index contributed by atoms with van der Waals surface area (Å²) >= 11 is 0. The quantitative estimate of drug-likeness (QED) is 0.865. The summed E-state index contributed by atoms with van der Waals surface area (Å²) < 4.78 is 10.9. The van der Waals surface area contributed by atoms with Gasteiger partial charge in [0.15, 0.2) is 0 Å². The standard InChI is InChI=1S/C15H21N3O3/c19-15(13-4-2-8-21-13)18-14-6-5-11(9-17-14)16-10-12-3-1-7-20-12/h5-6,9,12-13,16H,1-4,7-8,10H2,(H,17,18,19). The Morgan fingerprint density at radius 1 is 1.24 bits per heavy atom. The number of nitrogens with zero attached hydrogens (tertiary/aromatic N) is 1. The van der Waals surface area contributed by atoms with Crippen LogP contribution in [0, 0.1) is 0 Å². The normalized spacial score (nSPS) is 25.0. The van der Waals surface area contributed by atoms with Crippen molar-refractivity contribution >= 4 is 17.4 Å². The maximum Gasteiger partial charge on any atom is 0.254 e. The lowest BCUT2D eigenvalue weighted by Crippen LogP contribution is -2.27. The molecule has 0 bridgehead atoms. The first-order valence-electron chi connectivity index (χ1n) is 7.55. The van der Waals surface area contributed by atoms with Crippen molar-refractivity contribution in [3.8, 4) is 0 Å². The van der Waals surface area contributed by atoms with Crippen LogP contribution in [0.3, 0.4) is 0 Å². The summed E-state index contributed by atoms with van der Waals surface area (Å²) in [7, 11) is 0. The highest BCUT2D eigenvalue weighted by atomic mass is 16.5. The lowest BCUT2D eigenvalue weighted by Gasteiger charge is -2.13. The van der Waals surface area contributed by atoms with Crippen molar-refractivity contribution in [3.63, 3.8) is 0 Å². The van der Waals surface area contributed by atoms with Crippen LogP contribution in [0.2, 0.25) is 0 Å². The summed E-state index contributed by atoms with van der Waals surface area (Å²) in [5, 5.41) is 6.08. The van der Waals surface area contributed by atoms with Gasteiger partial charge in [0.2, 0.25) is 0 Å². The fourth-order valence-electron chi connectivity index (χ4n) is 2.60. The molecule has 0 radical (unpaired) electrons. The molecular formula is C15H21N3O3. The van der Waals surface area contributed by atoms with Crippen LogP contribution >= 0.6 is 0 Å². The number of hydrogen-bond acceptors (Lipinski definition) is 5. The SMILES string of the molecule is O=C(Nc1ccc(NCC2CCCO2)cn1)C1CCCO1. The summed E-state index contributed by atoms with van der Waals surface area (Å²) in [6, 6.07) is 3.71. The van der Waals surface area contributed by atoms with E-state index in [-0.39, 0.29) is 12.0 Å². The number of anilines is 2. The number of aromatic nitrogens is 1. The molecule has 0 aromatic carbocycles. The molecule has 114 valence electrons. The largest absolute Gasteiger partial charge is 0.381 e. The number of hydrogen-bond donors (Lipinski definition) is 2. The highest BCUT2D eigenvalue weighted by Gasteiger charge is 2.23. The topological polar surface area (TPSA) is 72.5 Å². The molecule has 0 saturated carbocycles. The Labute approximate surface area is 124 Å². The van der Waals surface area contributed by atoms with Gasteiger partial charge in [-0.25, -0.2) is 4.98 Å². The van der Waals surface area contributed by atoms with E-state index in [0.29, 0.717) is 18.5 Å². The average molecular weight is 291 g/mol. The molecule has 2 aliphatic rings. The predicted molar refractivity (Wildman–Crippen MR) is 79.3 cm³/mol. The van der Waals surface area contributed by atoms with Crippen LogP contribution in [0.1, 0.15) is 25.7 Å². The van der Waals surface area contributed by atoms with E-state index < -0.39 is 0 Å². The fourth-order valence-corrected chi connectivity index (χ4v) is 2.60. The van der Waals surface area contributed by atoms with Crippen molar-refractivity contribution < 1.29 is 14.3 Å². The van der Waals surface area contributed by atoms with Crippen LogP contribution in [0.25, 0.3) is 0 Å². The minimum absolute atomic E-state index is 0.111. The maximum absolute atomic E-state index is 11.9. The van der Waals surface area contributed by atoms with E-state index in [1.54, 1.807) is 12.3 Å². The van der Waals surface area contributed by atoms with Gasteiger partial charge < -0.3 is 20.1 Å². The van der Waals surface area contributed by atoms with Crippen molar-refractivity contribution in [3.05, 3.63) is 18.3 Å². The molecule has 2 fully saturated rings. The third-order valence-electron chi connectivity index (χ3n) is 3.79. The number of amides is 1. The molecule has 6 nitrogen and oxygen atoms in total. The van der Waals surface area contributed by atoms with Crippen LogP contribution in [0.5, 0.6) is 0 Å². The van der Waals surface area contributed by atoms with Crippen LogP contribution in [0.15, 0.2) is 18.3 Å². The molecule has 3 rings (SSSR count). The van der Waals surface area contributed by atoms with Crippen molar-refractivity contribution in [1.82, 2.24) is 4.98 Å². The van der Waals surface area contributed by atoms with Gasteiger partial charge in [0.1, 0.15) is 11.9 Å². The number of carbonyl (C=O) groups excluding carboxylic acids is 1. The van der Waals surface area contributed by atoms with Crippen molar-refractivity contribution in [2.24, 2.45) is 0 Å². The van der Waals surface area contributed by atoms with E-state index in [9.17, 15) is 4.79 Å². The van der Waals surface area contributed by atoms with E-state index in [1.807, 2.05) is 6.07 Å². The molecule has 3 heterocycles. The minimum atomic E-state index is -0.330. The number of pyridine rings is 1. The van der Waals surface area contributed by atoms with E-state index in [0.717, 1.165) is 44.5 Å². The second kappa shape index (κ2) is 6.87. The minimum Gasteiger partial charge on any atom is -0.381 e. The number of nitrogens with one attached hydrogen (secondary N) is 2. The van der Waals surface area contributed by atoms with E-state index in [4.69, 9.17) is 9.47 Å². The zero-order valence-corrected chi connectivity index (χ0v) is 12.0. The van der Waals surface area contributed by atoms with Crippen LogP contribution < -0.4 is 10.6 Å². The van der Waals surface area contributed by atoms with Crippen LogP contribution in [-0.2, 0) is 14.3 Å². The highest BCUT2D eigenvalue weighted by molar-refractivity contribution is 5.93. The van der Waals surface area contributed by atoms with Gasteiger partial charge in [0.25, 0.3) is 5.91 Å². The Morgan fingerprint density at radius 2 is 2.10 bits per heavy atom. The Morgan fingerprint density at radius 3 is 2.76 bits per heavy atom. The molecule has 21 heavy (non-hydrogen) atoms. The molecule has 1 aromatic heterocycles. The summed E-state index contributed by atoms with van der Waals surface area (Å²) in [6.45, 7) is 2.32. The van der Waals surface area contributed by atoms with Gasteiger partial charge >= 0.3 is 0 Å². The van der Waals surface area contributed by atoms with Crippen LogP contribution in [-0.4, -0.2) is 42.9 Å². The summed E-state index contributed by atoms with van der Waals surface area (Å²) in [5.74, 6) is 0.443.